The first-order chi connectivity index (χ1) is 14.0. The molecule has 0 aromatic carbocycles. The number of carbonyl (C=O) groups excluding carboxylic acids is 1. The average molecular weight is 416 g/mol. The fraction of sp³-hybridized carbons (Fsp3) is 0.591. The van der Waals surface area contributed by atoms with Gasteiger partial charge in [-0.2, -0.15) is 0 Å². The summed E-state index contributed by atoms with van der Waals surface area (Å²) in [6.45, 7) is 10.6. The highest BCUT2D eigenvalue weighted by atomic mass is 16.6. The smallest absolute Gasteiger partial charge is 0.407 e. The first-order valence-electron chi connectivity index (χ1n) is 10.5. The molecular formula is C22H33N5O3. The third-order valence-electron chi connectivity index (χ3n) is 5.02. The lowest BCUT2D eigenvalue weighted by Gasteiger charge is -2.27. The maximum atomic E-state index is 12.6. The van der Waals surface area contributed by atoms with Crippen molar-refractivity contribution >= 4 is 11.8 Å². The molecule has 0 saturated heterocycles. The zero-order valence-corrected chi connectivity index (χ0v) is 18.6. The van der Waals surface area contributed by atoms with Crippen LogP contribution in [0.25, 0.3) is 11.4 Å². The Hall–Kier alpha value is -2.77. The van der Waals surface area contributed by atoms with Gasteiger partial charge in [0.2, 0.25) is 0 Å². The van der Waals surface area contributed by atoms with Gasteiger partial charge in [-0.1, -0.05) is 13.8 Å². The second-order valence-corrected chi connectivity index (χ2v) is 9.69. The van der Waals surface area contributed by atoms with Crippen molar-refractivity contribution in [1.29, 1.82) is 0 Å². The van der Waals surface area contributed by atoms with Crippen LogP contribution in [0, 0.1) is 5.41 Å². The first-order valence-corrected chi connectivity index (χ1v) is 10.5. The Morgan fingerprint density at radius 2 is 1.90 bits per heavy atom. The molecule has 8 nitrogen and oxygen atoms in total. The molecule has 1 amide bonds. The second kappa shape index (κ2) is 8.53. The summed E-state index contributed by atoms with van der Waals surface area (Å²) in [6, 6.07) is 1.84. The Kier molecular flexibility index (Phi) is 6.24. The summed E-state index contributed by atoms with van der Waals surface area (Å²) in [6.07, 6.45) is 5.38. The van der Waals surface area contributed by atoms with Gasteiger partial charge in [0, 0.05) is 25.0 Å². The SMILES string of the molecule is CC(C)(CNC(=O)OC(C)(C)C)CNc1cc[nH]c(=O)c1-c1nc2c([nH]1)CCCC2. The predicted molar refractivity (Wildman–Crippen MR) is 118 cm³/mol. The number of amides is 1. The van der Waals surface area contributed by atoms with E-state index in [0.717, 1.165) is 42.8 Å². The van der Waals surface area contributed by atoms with Crippen molar-refractivity contribution in [3.8, 4) is 11.4 Å². The molecule has 0 spiro atoms. The number of hydrogen-bond donors (Lipinski definition) is 4. The lowest BCUT2D eigenvalue weighted by molar-refractivity contribution is 0.0508. The van der Waals surface area contributed by atoms with Crippen molar-refractivity contribution in [2.45, 2.75) is 65.9 Å². The first kappa shape index (κ1) is 21.9. The van der Waals surface area contributed by atoms with Gasteiger partial charge in [0.25, 0.3) is 5.56 Å². The van der Waals surface area contributed by atoms with Crippen LogP contribution >= 0.6 is 0 Å². The number of carbonyl (C=O) groups is 1. The summed E-state index contributed by atoms with van der Waals surface area (Å²) in [4.78, 5) is 35.3. The molecule has 2 aromatic heterocycles. The summed E-state index contributed by atoms with van der Waals surface area (Å²) in [5.41, 5.74) is 2.45. The minimum Gasteiger partial charge on any atom is -0.444 e. The third-order valence-corrected chi connectivity index (χ3v) is 5.02. The highest BCUT2D eigenvalue weighted by molar-refractivity contribution is 5.72. The van der Waals surface area contributed by atoms with E-state index in [9.17, 15) is 9.59 Å². The summed E-state index contributed by atoms with van der Waals surface area (Å²) >= 11 is 0. The van der Waals surface area contributed by atoms with Gasteiger partial charge in [0.05, 0.1) is 11.4 Å². The molecule has 0 bridgehead atoms. The molecule has 0 radical (unpaired) electrons. The number of anilines is 1. The Morgan fingerprint density at radius 3 is 2.60 bits per heavy atom. The minimum atomic E-state index is -0.533. The van der Waals surface area contributed by atoms with E-state index in [1.54, 1.807) is 6.20 Å². The Labute approximate surface area is 177 Å². The number of fused-ring (bicyclic) bond motifs is 1. The molecular weight excluding hydrogens is 382 g/mol. The molecule has 1 aliphatic carbocycles. The van der Waals surface area contributed by atoms with Crippen LogP contribution in [0.15, 0.2) is 17.1 Å². The Morgan fingerprint density at radius 1 is 1.17 bits per heavy atom. The third kappa shape index (κ3) is 5.64. The number of nitrogens with zero attached hydrogens (tertiary/aromatic N) is 1. The summed E-state index contributed by atoms with van der Waals surface area (Å²) < 4.78 is 5.30. The van der Waals surface area contributed by atoms with Crippen molar-refractivity contribution in [2.24, 2.45) is 5.41 Å². The number of aromatic nitrogens is 3. The number of hydrogen-bond acceptors (Lipinski definition) is 5. The molecule has 2 heterocycles. The highest BCUT2D eigenvalue weighted by Gasteiger charge is 2.24. The molecule has 3 rings (SSSR count). The normalized spacial score (nSPS) is 14.2. The molecule has 0 aliphatic heterocycles. The maximum absolute atomic E-state index is 12.6. The van der Waals surface area contributed by atoms with Crippen LogP contribution in [0.4, 0.5) is 10.5 Å². The number of pyridine rings is 1. The number of aryl methyl sites for hydroxylation is 2. The zero-order valence-electron chi connectivity index (χ0n) is 18.6. The van der Waals surface area contributed by atoms with Gasteiger partial charge in [-0.3, -0.25) is 4.79 Å². The van der Waals surface area contributed by atoms with Crippen LogP contribution in [0.3, 0.4) is 0 Å². The molecule has 0 unspecified atom stereocenters. The number of imidazole rings is 1. The standard InChI is InChI=1S/C22H33N5O3/c1-21(2,3)30-20(29)25-13-22(4,5)12-24-16-10-11-23-19(28)17(16)18-26-14-8-6-7-9-15(14)27-18/h10-11H,6-9,12-13H2,1-5H3,(H,25,29)(H,26,27)(H2,23,24,28). The quantitative estimate of drug-likeness (QED) is 0.576. The number of aromatic amines is 2. The molecule has 0 fully saturated rings. The van der Waals surface area contributed by atoms with Crippen LogP contribution in [0.5, 0.6) is 0 Å². The predicted octanol–water partition coefficient (Wildman–Crippen LogP) is 3.61. The molecule has 0 atom stereocenters. The van der Waals surface area contributed by atoms with E-state index in [2.05, 4.69) is 20.6 Å². The van der Waals surface area contributed by atoms with Crippen LogP contribution in [-0.2, 0) is 17.6 Å². The van der Waals surface area contributed by atoms with Crippen molar-refractivity contribution in [3.05, 3.63) is 34.0 Å². The van der Waals surface area contributed by atoms with Crippen LogP contribution in [0.1, 0.15) is 58.8 Å². The largest absolute Gasteiger partial charge is 0.444 e. The Balaban J connectivity index is 1.70. The van der Waals surface area contributed by atoms with Gasteiger partial charge in [-0.05, 0) is 57.9 Å². The molecule has 30 heavy (non-hydrogen) atoms. The topological polar surface area (TPSA) is 112 Å². The second-order valence-electron chi connectivity index (χ2n) is 9.69. The molecule has 2 aromatic rings. The van der Waals surface area contributed by atoms with E-state index in [1.165, 1.54) is 0 Å². The van der Waals surface area contributed by atoms with Crippen LogP contribution in [-0.4, -0.2) is 39.7 Å². The van der Waals surface area contributed by atoms with Gasteiger partial charge < -0.3 is 25.3 Å². The fourth-order valence-corrected chi connectivity index (χ4v) is 3.46. The molecule has 1 aliphatic rings. The number of H-pyrrole nitrogens is 2. The fourth-order valence-electron chi connectivity index (χ4n) is 3.46. The number of alkyl carbamates (subject to hydrolysis) is 1. The maximum Gasteiger partial charge on any atom is 0.407 e. The average Bonchev–Trinajstić information content (AvgIpc) is 3.07. The van der Waals surface area contributed by atoms with Crippen molar-refractivity contribution in [1.82, 2.24) is 20.3 Å². The Bertz CT molecular complexity index is 929. The van der Waals surface area contributed by atoms with Gasteiger partial charge in [0.1, 0.15) is 17.0 Å². The van der Waals surface area contributed by atoms with Gasteiger partial charge in [-0.25, -0.2) is 9.78 Å². The number of ether oxygens (including phenoxy) is 1. The van der Waals surface area contributed by atoms with E-state index in [4.69, 9.17) is 9.72 Å². The number of nitrogens with one attached hydrogen (secondary N) is 4. The van der Waals surface area contributed by atoms with Crippen molar-refractivity contribution in [2.75, 3.05) is 18.4 Å². The van der Waals surface area contributed by atoms with E-state index in [0.29, 0.717) is 24.5 Å². The van der Waals surface area contributed by atoms with Crippen molar-refractivity contribution < 1.29 is 9.53 Å². The summed E-state index contributed by atoms with van der Waals surface area (Å²) in [7, 11) is 0. The molecule has 164 valence electrons. The van der Waals surface area contributed by atoms with Crippen LogP contribution in [0.2, 0.25) is 0 Å². The summed E-state index contributed by atoms with van der Waals surface area (Å²) in [5.74, 6) is 0.607. The van der Waals surface area contributed by atoms with Crippen LogP contribution < -0.4 is 16.2 Å². The van der Waals surface area contributed by atoms with E-state index in [1.807, 2.05) is 40.7 Å². The highest BCUT2D eigenvalue weighted by Crippen LogP contribution is 2.27. The van der Waals surface area contributed by atoms with Gasteiger partial charge in [0.15, 0.2) is 0 Å². The zero-order chi connectivity index (χ0) is 21.9. The lowest BCUT2D eigenvalue weighted by Crippen LogP contribution is -2.40. The lowest BCUT2D eigenvalue weighted by atomic mass is 9.93. The molecule has 8 heteroatoms. The summed E-state index contributed by atoms with van der Waals surface area (Å²) in [5, 5.41) is 6.19. The molecule has 4 N–H and O–H groups in total. The van der Waals surface area contributed by atoms with Gasteiger partial charge >= 0.3 is 6.09 Å². The minimum absolute atomic E-state index is 0.184. The number of rotatable bonds is 6. The van der Waals surface area contributed by atoms with E-state index >= 15 is 0 Å². The molecule has 0 saturated carbocycles. The monoisotopic (exact) mass is 415 g/mol. The van der Waals surface area contributed by atoms with Gasteiger partial charge in [-0.15, -0.1) is 0 Å². The van der Waals surface area contributed by atoms with E-state index < -0.39 is 11.7 Å². The van der Waals surface area contributed by atoms with Crippen molar-refractivity contribution in [3.63, 3.8) is 0 Å². The van der Waals surface area contributed by atoms with E-state index in [-0.39, 0.29) is 11.0 Å².